The van der Waals surface area contributed by atoms with Crippen LogP contribution < -0.4 is 10.6 Å². The predicted octanol–water partition coefficient (Wildman–Crippen LogP) is 4.00. The van der Waals surface area contributed by atoms with Crippen LogP contribution in [0.15, 0.2) is 60.8 Å². The van der Waals surface area contributed by atoms with E-state index in [1.165, 1.54) is 7.11 Å². The van der Waals surface area contributed by atoms with Crippen LogP contribution in [0.4, 0.5) is 0 Å². The highest BCUT2D eigenvalue weighted by Crippen LogP contribution is 2.27. The van der Waals surface area contributed by atoms with Crippen LogP contribution in [-0.2, 0) is 36.9 Å². The van der Waals surface area contributed by atoms with Gasteiger partial charge in [0.25, 0.3) is 0 Å². The highest BCUT2D eigenvalue weighted by atomic mass is 16.5. The third-order valence-corrected chi connectivity index (χ3v) is 7.59. The molecule has 0 bridgehead atoms. The van der Waals surface area contributed by atoms with Gasteiger partial charge in [-0.3, -0.25) is 19.2 Å². The smallest absolute Gasteiger partial charge is 0.246 e. The Morgan fingerprint density at radius 1 is 1.02 bits per heavy atom. The van der Waals surface area contributed by atoms with Gasteiger partial charge in [0.1, 0.15) is 6.61 Å². The highest BCUT2D eigenvalue weighted by Gasteiger charge is 2.32. The lowest BCUT2D eigenvalue weighted by atomic mass is 9.80. The van der Waals surface area contributed by atoms with Crippen molar-refractivity contribution < 1.29 is 23.9 Å². The highest BCUT2D eigenvalue weighted by molar-refractivity contribution is 6.26. The number of hydrogen-bond acceptors (Lipinski definition) is 6. The van der Waals surface area contributed by atoms with E-state index >= 15 is 0 Å². The summed E-state index contributed by atoms with van der Waals surface area (Å²) in [4.78, 5) is 54.6. The summed E-state index contributed by atoms with van der Waals surface area (Å²) in [5.41, 5.74) is 2.82. The maximum atomic E-state index is 13.8. The van der Waals surface area contributed by atoms with Gasteiger partial charge in [0.2, 0.25) is 11.8 Å². The minimum atomic E-state index is -0.779. The summed E-state index contributed by atoms with van der Waals surface area (Å²) < 4.78 is 4.97. The molecule has 2 aromatic carbocycles. The van der Waals surface area contributed by atoms with E-state index in [2.05, 4.69) is 15.6 Å². The van der Waals surface area contributed by atoms with Gasteiger partial charge in [-0.2, -0.15) is 0 Å². The first-order valence-electron chi connectivity index (χ1n) is 13.9. The average molecular weight is 561 g/mol. The number of Topliss-reactive ketones (excluding diaryl/α,β-unsaturated/α-hetero) is 2. The SMILES string of the molecule is COCC(=O)N[C@@H](Cc1c[nH]c2ccccc12)C(=O)C(C)C(C)C[C@@H](CCC(=O)C=N)C(=O)NCc1ccccc1. The molecule has 9 nitrogen and oxygen atoms in total. The molecule has 0 spiro atoms. The number of carbonyl (C=O) groups excluding carboxylic acids is 4. The largest absolute Gasteiger partial charge is 0.375 e. The molecule has 218 valence electrons. The standard InChI is InChI=1S/C32H40N4O5/c1-21(15-24(13-14-26(37)17-33)32(40)35-18-23-9-5-4-6-10-23)22(2)31(39)29(36-30(38)20-41-3)16-25-19-34-28-12-8-7-11-27(25)28/h4-12,17,19,21-22,24,29,33-34H,13-16,18,20H2,1-3H3,(H,35,40)(H,36,38)/t21?,22?,24-,29+/m1/s1. The molecule has 0 saturated carbocycles. The van der Waals surface area contributed by atoms with E-state index < -0.39 is 17.9 Å². The molecular formula is C32H40N4O5. The Bertz CT molecular complexity index is 1340. The van der Waals surface area contributed by atoms with Gasteiger partial charge in [0.05, 0.1) is 12.3 Å². The first kappa shape index (κ1) is 31.4. The molecule has 0 fully saturated rings. The Kier molecular flexibility index (Phi) is 12.0. The van der Waals surface area contributed by atoms with E-state index in [1.807, 2.05) is 74.6 Å². The number of para-hydroxylation sites is 1. The van der Waals surface area contributed by atoms with Crippen LogP contribution in [0, 0.1) is 23.2 Å². The van der Waals surface area contributed by atoms with Crippen molar-refractivity contribution in [3.05, 3.63) is 71.9 Å². The van der Waals surface area contributed by atoms with Crippen LogP contribution in [-0.4, -0.2) is 54.3 Å². The molecule has 0 aliphatic carbocycles. The number of H-pyrrole nitrogens is 1. The van der Waals surface area contributed by atoms with Crippen molar-refractivity contribution in [3.63, 3.8) is 0 Å². The molecule has 0 aliphatic heterocycles. The van der Waals surface area contributed by atoms with Gasteiger partial charge >= 0.3 is 0 Å². The number of rotatable bonds is 17. The quantitative estimate of drug-likeness (QED) is 0.185. The number of amides is 2. The zero-order valence-corrected chi connectivity index (χ0v) is 23.9. The predicted molar refractivity (Wildman–Crippen MR) is 159 cm³/mol. The summed E-state index contributed by atoms with van der Waals surface area (Å²) in [6.45, 7) is 3.93. The normalized spacial score (nSPS) is 14.0. The second kappa shape index (κ2) is 15.6. The van der Waals surface area contributed by atoms with E-state index in [9.17, 15) is 19.2 Å². The lowest BCUT2D eigenvalue weighted by molar-refractivity contribution is -0.132. The number of ketones is 2. The average Bonchev–Trinajstić information content (AvgIpc) is 3.39. The first-order chi connectivity index (χ1) is 19.7. The fourth-order valence-electron chi connectivity index (χ4n) is 5.03. The molecule has 4 atom stereocenters. The Morgan fingerprint density at radius 2 is 1.73 bits per heavy atom. The summed E-state index contributed by atoms with van der Waals surface area (Å²) in [6, 6.07) is 16.5. The van der Waals surface area contributed by atoms with Crippen molar-refractivity contribution in [2.24, 2.45) is 17.8 Å². The molecule has 0 saturated heterocycles. The van der Waals surface area contributed by atoms with Gasteiger partial charge in [-0.25, -0.2) is 0 Å². The maximum Gasteiger partial charge on any atom is 0.246 e. The second-order valence-corrected chi connectivity index (χ2v) is 10.6. The lowest BCUT2D eigenvalue weighted by Gasteiger charge is -2.27. The van der Waals surface area contributed by atoms with Crippen LogP contribution in [0.5, 0.6) is 0 Å². The summed E-state index contributed by atoms with van der Waals surface area (Å²) >= 11 is 0. The van der Waals surface area contributed by atoms with Crippen molar-refractivity contribution in [1.29, 1.82) is 5.41 Å². The molecular weight excluding hydrogens is 520 g/mol. The molecule has 2 unspecified atom stereocenters. The fraction of sp³-hybridized carbons (Fsp3) is 0.406. The number of aromatic nitrogens is 1. The summed E-state index contributed by atoms with van der Waals surface area (Å²) in [7, 11) is 1.42. The van der Waals surface area contributed by atoms with Crippen molar-refractivity contribution >= 4 is 40.5 Å². The monoisotopic (exact) mass is 560 g/mol. The van der Waals surface area contributed by atoms with E-state index in [1.54, 1.807) is 0 Å². The summed E-state index contributed by atoms with van der Waals surface area (Å²) in [5.74, 6) is -2.25. The molecule has 4 N–H and O–H groups in total. The molecule has 0 aliphatic rings. The Hall–Kier alpha value is -4.11. The van der Waals surface area contributed by atoms with Gasteiger partial charge in [-0.1, -0.05) is 62.4 Å². The van der Waals surface area contributed by atoms with Crippen LogP contribution in [0.1, 0.15) is 44.2 Å². The number of hydrogen-bond donors (Lipinski definition) is 4. The molecule has 1 aromatic heterocycles. The number of aromatic amines is 1. The molecule has 0 radical (unpaired) electrons. The van der Waals surface area contributed by atoms with Gasteiger partial charge in [0, 0.05) is 55.4 Å². The molecule has 3 rings (SSSR count). The topological polar surface area (TPSA) is 141 Å². The number of ether oxygens (including phenoxy) is 1. The number of methoxy groups -OCH3 is 1. The second-order valence-electron chi connectivity index (χ2n) is 10.6. The minimum Gasteiger partial charge on any atom is -0.375 e. The van der Waals surface area contributed by atoms with Crippen molar-refractivity contribution in [2.75, 3.05) is 13.7 Å². The Morgan fingerprint density at radius 3 is 2.44 bits per heavy atom. The van der Waals surface area contributed by atoms with Crippen molar-refractivity contribution in [3.8, 4) is 0 Å². The van der Waals surface area contributed by atoms with Crippen molar-refractivity contribution in [2.45, 2.75) is 52.1 Å². The number of benzene rings is 2. The number of nitrogens with one attached hydrogen (secondary N) is 4. The summed E-state index contributed by atoms with van der Waals surface area (Å²) in [6.07, 6.45) is 3.68. The molecule has 9 heteroatoms. The Labute approximate surface area is 240 Å². The number of carbonyl (C=O) groups is 4. The van der Waals surface area contributed by atoms with Crippen LogP contribution in [0.25, 0.3) is 10.9 Å². The molecule has 1 heterocycles. The molecule has 3 aromatic rings. The minimum absolute atomic E-state index is 0.0816. The third kappa shape index (κ3) is 9.21. The Balaban J connectivity index is 1.74. The van der Waals surface area contributed by atoms with E-state index in [0.717, 1.165) is 28.2 Å². The summed E-state index contributed by atoms with van der Waals surface area (Å²) in [5, 5.41) is 14.0. The van der Waals surface area contributed by atoms with Crippen LogP contribution in [0.2, 0.25) is 0 Å². The van der Waals surface area contributed by atoms with E-state index in [0.29, 0.717) is 19.4 Å². The molecule has 41 heavy (non-hydrogen) atoms. The van der Waals surface area contributed by atoms with Crippen LogP contribution in [0.3, 0.4) is 0 Å². The third-order valence-electron chi connectivity index (χ3n) is 7.59. The maximum absolute atomic E-state index is 13.8. The van der Waals surface area contributed by atoms with Gasteiger partial charge in [-0.05, 0) is 36.0 Å². The van der Waals surface area contributed by atoms with Gasteiger partial charge in [-0.15, -0.1) is 0 Å². The molecule has 2 amide bonds. The fourth-order valence-corrected chi connectivity index (χ4v) is 5.03. The number of fused-ring (bicyclic) bond motifs is 1. The zero-order chi connectivity index (χ0) is 29.8. The van der Waals surface area contributed by atoms with E-state index in [4.69, 9.17) is 10.1 Å². The van der Waals surface area contributed by atoms with Crippen LogP contribution >= 0.6 is 0 Å². The van der Waals surface area contributed by atoms with E-state index in [-0.39, 0.29) is 48.7 Å². The van der Waals surface area contributed by atoms with Gasteiger partial charge in [0.15, 0.2) is 11.6 Å². The van der Waals surface area contributed by atoms with Crippen molar-refractivity contribution in [1.82, 2.24) is 15.6 Å². The first-order valence-corrected chi connectivity index (χ1v) is 13.9. The van der Waals surface area contributed by atoms with Gasteiger partial charge < -0.3 is 25.8 Å². The zero-order valence-electron chi connectivity index (χ0n) is 23.9. The lowest BCUT2D eigenvalue weighted by Crippen LogP contribution is -2.47.